The van der Waals surface area contributed by atoms with E-state index in [4.69, 9.17) is 9.84 Å². The molecule has 160 valence electrons. The normalized spacial score (nSPS) is 18.7. The van der Waals surface area contributed by atoms with E-state index in [9.17, 15) is 9.59 Å². The zero-order chi connectivity index (χ0) is 22.0. The van der Waals surface area contributed by atoms with Crippen molar-refractivity contribution in [2.45, 2.75) is 46.1 Å². The number of nitrogens with zero attached hydrogens (tertiary/aromatic N) is 1. The molecule has 0 fully saturated rings. The van der Waals surface area contributed by atoms with Crippen molar-refractivity contribution >= 4 is 22.7 Å². The molecule has 1 N–H and O–H groups in total. The summed E-state index contributed by atoms with van der Waals surface area (Å²) in [4.78, 5) is 23.6. The minimum Gasteiger partial charge on any atom is -0.481 e. The molecule has 0 aliphatic heterocycles. The maximum atomic E-state index is 12.5. The summed E-state index contributed by atoms with van der Waals surface area (Å²) in [7, 11) is 0. The number of Topliss-reactive ketones (excluding diaryl/α,β-unsaturated/α-hetero) is 1. The minimum absolute atomic E-state index is 0.0533. The van der Waals surface area contributed by atoms with E-state index in [-0.39, 0.29) is 5.78 Å². The Balaban J connectivity index is 1.79. The number of allylic oxidation sites excluding steroid dienone is 8. The molecule has 0 radical (unpaired) electrons. The van der Waals surface area contributed by atoms with Crippen LogP contribution in [0, 0.1) is 6.92 Å². The van der Waals surface area contributed by atoms with Gasteiger partial charge < -0.3 is 14.4 Å². The van der Waals surface area contributed by atoms with Gasteiger partial charge in [-0.1, -0.05) is 36.4 Å². The van der Waals surface area contributed by atoms with Crippen molar-refractivity contribution < 1.29 is 19.4 Å². The lowest BCUT2D eigenvalue weighted by Crippen LogP contribution is -2.09. The van der Waals surface area contributed by atoms with Gasteiger partial charge in [-0.05, 0) is 68.4 Å². The smallest absolute Gasteiger partial charge is 0.341 e. The Labute approximate surface area is 182 Å². The Hall–Kier alpha value is -3.34. The van der Waals surface area contributed by atoms with Crippen LogP contribution in [0.15, 0.2) is 65.3 Å². The van der Waals surface area contributed by atoms with E-state index in [0.717, 1.165) is 36.9 Å². The van der Waals surface area contributed by atoms with Crippen molar-refractivity contribution in [3.63, 3.8) is 0 Å². The second kappa shape index (κ2) is 8.80. The minimum atomic E-state index is -1.05. The number of rotatable bonds is 6. The first-order valence-electron chi connectivity index (χ1n) is 10.7. The number of aliphatic carboxylic acids is 1. The number of carboxylic acids is 1. The molecule has 1 aromatic heterocycles. The van der Waals surface area contributed by atoms with Crippen molar-refractivity contribution in [3.8, 4) is 5.75 Å². The molecule has 1 aromatic carbocycles. The monoisotopic (exact) mass is 417 g/mol. The number of aromatic nitrogens is 1. The zero-order valence-corrected chi connectivity index (χ0v) is 18.0. The Morgan fingerprint density at radius 3 is 2.65 bits per heavy atom. The fourth-order valence-electron chi connectivity index (χ4n) is 4.51. The predicted molar refractivity (Wildman–Crippen MR) is 122 cm³/mol. The number of ether oxygens (including phenoxy) is 1. The fraction of sp³-hybridized carbons (Fsp3) is 0.308. The van der Waals surface area contributed by atoms with E-state index in [2.05, 4.69) is 34.9 Å². The summed E-state index contributed by atoms with van der Waals surface area (Å²) in [6, 6.07) is 5.54. The second-order valence-electron chi connectivity index (χ2n) is 8.08. The number of carboxylic acid groups (broad SMARTS) is 1. The molecule has 2 aliphatic carbocycles. The standard InChI is InChI=1S/C26H27NO4/c1-17-25(18(2)28)26-22(12-7-13-23(26)31-16-24(29)30)27(17)15-19-8-3-4-9-20-10-5-6-11-21(20)14-19/h4,7,9-14H,3,5-6,8,15-16H2,1-2H3,(H,29,30)/b9-4-,19-14+. The van der Waals surface area contributed by atoms with Crippen molar-refractivity contribution in [1.29, 1.82) is 0 Å². The highest BCUT2D eigenvalue weighted by Crippen LogP contribution is 2.35. The summed E-state index contributed by atoms with van der Waals surface area (Å²) in [5.74, 6) is -0.668. The topological polar surface area (TPSA) is 68.5 Å². The van der Waals surface area contributed by atoms with Gasteiger partial charge in [-0.3, -0.25) is 4.79 Å². The third-order valence-electron chi connectivity index (χ3n) is 5.89. The van der Waals surface area contributed by atoms with Crippen LogP contribution in [0.5, 0.6) is 5.75 Å². The molecule has 0 atom stereocenters. The first-order chi connectivity index (χ1) is 15.0. The van der Waals surface area contributed by atoms with E-state index >= 15 is 0 Å². The molecule has 4 rings (SSSR count). The number of fused-ring (bicyclic) bond motifs is 2. The van der Waals surface area contributed by atoms with Crippen LogP contribution in [0.2, 0.25) is 0 Å². The first-order valence-corrected chi connectivity index (χ1v) is 10.7. The van der Waals surface area contributed by atoms with Crippen LogP contribution >= 0.6 is 0 Å². The van der Waals surface area contributed by atoms with E-state index < -0.39 is 12.6 Å². The molecule has 5 heteroatoms. The van der Waals surface area contributed by atoms with Crippen LogP contribution in [-0.4, -0.2) is 28.0 Å². The number of carbonyl (C=O) groups excluding carboxylic acids is 1. The summed E-state index contributed by atoms with van der Waals surface area (Å²) in [6.07, 6.45) is 15.4. The van der Waals surface area contributed by atoms with Gasteiger partial charge in [-0.25, -0.2) is 4.79 Å². The molecule has 1 heterocycles. The Morgan fingerprint density at radius 1 is 1.13 bits per heavy atom. The van der Waals surface area contributed by atoms with E-state index in [0.29, 0.717) is 23.2 Å². The zero-order valence-electron chi connectivity index (χ0n) is 18.0. The summed E-state index contributed by atoms with van der Waals surface area (Å²) < 4.78 is 7.69. The molecule has 0 bridgehead atoms. The van der Waals surface area contributed by atoms with Crippen LogP contribution in [-0.2, 0) is 11.3 Å². The van der Waals surface area contributed by atoms with E-state index in [1.807, 2.05) is 19.1 Å². The Kier molecular flexibility index (Phi) is 5.94. The number of hydrogen-bond acceptors (Lipinski definition) is 3. The van der Waals surface area contributed by atoms with Gasteiger partial charge in [0.2, 0.25) is 0 Å². The largest absolute Gasteiger partial charge is 0.481 e. The molecule has 0 unspecified atom stereocenters. The van der Waals surface area contributed by atoms with Crippen molar-refractivity contribution in [3.05, 3.63) is 76.6 Å². The average Bonchev–Trinajstić information content (AvgIpc) is 3.00. The Morgan fingerprint density at radius 2 is 1.90 bits per heavy atom. The van der Waals surface area contributed by atoms with Crippen LogP contribution < -0.4 is 4.74 Å². The van der Waals surface area contributed by atoms with E-state index in [1.54, 1.807) is 13.0 Å². The quantitative estimate of drug-likeness (QED) is 0.627. The Bertz CT molecular complexity index is 1170. The van der Waals surface area contributed by atoms with Gasteiger partial charge in [0.1, 0.15) is 5.75 Å². The lowest BCUT2D eigenvalue weighted by molar-refractivity contribution is -0.139. The SMILES string of the molecule is CC(=O)c1c(C)n(C/C2=C/C3=CCCC=C3/C=C\CC2)c2cccc(OCC(=O)O)c12. The molecule has 2 aliphatic rings. The van der Waals surface area contributed by atoms with Gasteiger partial charge in [0, 0.05) is 17.8 Å². The van der Waals surface area contributed by atoms with Crippen molar-refractivity contribution in [2.24, 2.45) is 0 Å². The molecule has 0 amide bonds. The first kappa shape index (κ1) is 20.9. The molecule has 2 aromatic rings. The lowest BCUT2D eigenvalue weighted by atomic mass is 9.92. The number of carbonyl (C=O) groups is 2. The van der Waals surface area contributed by atoms with Gasteiger partial charge in [0.25, 0.3) is 0 Å². The van der Waals surface area contributed by atoms with Crippen LogP contribution in [0.25, 0.3) is 10.9 Å². The third-order valence-corrected chi connectivity index (χ3v) is 5.89. The molecule has 31 heavy (non-hydrogen) atoms. The average molecular weight is 418 g/mol. The summed E-state index contributed by atoms with van der Waals surface area (Å²) >= 11 is 0. The summed E-state index contributed by atoms with van der Waals surface area (Å²) in [5.41, 5.74) is 6.21. The van der Waals surface area contributed by atoms with Crippen molar-refractivity contribution in [1.82, 2.24) is 4.57 Å². The van der Waals surface area contributed by atoms with Crippen LogP contribution in [0.1, 0.15) is 48.7 Å². The highest BCUT2D eigenvalue weighted by Gasteiger charge is 2.22. The molecular formula is C26H27NO4. The number of hydrogen-bond donors (Lipinski definition) is 1. The van der Waals surface area contributed by atoms with Gasteiger partial charge in [-0.2, -0.15) is 0 Å². The summed E-state index contributed by atoms with van der Waals surface area (Å²) in [6.45, 7) is 3.73. The molecule has 5 nitrogen and oxygen atoms in total. The maximum Gasteiger partial charge on any atom is 0.341 e. The molecule has 0 spiro atoms. The van der Waals surface area contributed by atoms with Gasteiger partial charge in [0.15, 0.2) is 12.4 Å². The predicted octanol–water partition coefficient (Wildman–Crippen LogP) is 5.54. The molecular weight excluding hydrogens is 390 g/mol. The number of benzene rings is 1. The lowest BCUT2D eigenvalue weighted by Gasteiger charge is -2.17. The van der Waals surface area contributed by atoms with Gasteiger partial charge in [-0.15, -0.1) is 0 Å². The number of ketones is 1. The highest BCUT2D eigenvalue weighted by atomic mass is 16.5. The third kappa shape index (κ3) is 4.26. The second-order valence-corrected chi connectivity index (χ2v) is 8.08. The van der Waals surface area contributed by atoms with Gasteiger partial charge in [0.05, 0.1) is 10.9 Å². The van der Waals surface area contributed by atoms with E-state index in [1.165, 1.54) is 16.7 Å². The van der Waals surface area contributed by atoms with Crippen molar-refractivity contribution in [2.75, 3.05) is 6.61 Å². The van der Waals surface area contributed by atoms with Gasteiger partial charge >= 0.3 is 5.97 Å². The van der Waals surface area contributed by atoms with Crippen LogP contribution in [0.4, 0.5) is 0 Å². The van der Waals surface area contributed by atoms with Crippen LogP contribution in [0.3, 0.4) is 0 Å². The fourth-order valence-corrected chi connectivity index (χ4v) is 4.51. The highest BCUT2D eigenvalue weighted by molar-refractivity contribution is 6.10. The molecule has 0 saturated heterocycles. The molecule has 0 saturated carbocycles. The maximum absolute atomic E-state index is 12.5. The summed E-state index contributed by atoms with van der Waals surface area (Å²) in [5, 5.41) is 9.72.